The largest absolute Gasteiger partial charge is 0.326 e. The van der Waals surface area contributed by atoms with Crippen LogP contribution in [-0.4, -0.2) is 42.2 Å². The van der Waals surface area contributed by atoms with Gasteiger partial charge in [0.1, 0.15) is 0 Å². The highest BCUT2D eigenvalue weighted by Gasteiger charge is 2.44. The number of hydrogen-bond donors (Lipinski definition) is 1. The van der Waals surface area contributed by atoms with Crippen LogP contribution in [0.3, 0.4) is 0 Å². The van der Waals surface area contributed by atoms with Gasteiger partial charge in [-0.05, 0) is 47.0 Å². The van der Waals surface area contributed by atoms with E-state index in [2.05, 4.69) is 53.7 Å². The molecule has 0 aromatic heterocycles. The average Bonchev–Trinajstić information content (AvgIpc) is 2.20. The van der Waals surface area contributed by atoms with Gasteiger partial charge < -0.3 is 9.80 Å². The molecule has 1 aliphatic rings. The fourth-order valence-corrected chi connectivity index (χ4v) is 3.75. The maximum absolute atomic E-state index is 3.81. The van der Waals surface area contributed by atoms with Crippen molar-refractivity contribution in [2.75, 3.05) is 20.6 Å². The number of nitrogens with one attached hydrogen (secondary N) is 1. The van der Waals surface area contributed by atoms with Crippen LogP contribution in [0.4, 0.5) is 0 Å². The smallest absolute Gasteiger partial charge is 0.0921 e. The van der Waals surface area contributed by atoms with Crippen molar-refractivity contribution < 1.29 is 4.48 Å². The fourth-order valence-electron chi connectivity index (χ4n) is 3.75. The van der Waals surface area contributed by atoms with Crippen LogP contribution in [0.2, 0.25) is 0 Å². The van der Waals surface area contributed by atoms with Crippen LogP contribution >= 0.6 is 0 Å². The Labute approximate surface area is 120 Å². The molecule has 19 heavy (non-hydrogen) atoms. The molecule has 0 radical (unpaired) electrons. The summed E-state index contributed by atoms with van der Waals surface area (Å²) in [6, 6.07) is 0.759. The van der Waals surface area contributed by atoms with Crippen molar-refractivity contribution in [2.24, 2.45) is 0 Å². The first-order valence-corrected chi connectivity index (χ1v) is 7.81. The minimum absolute atomic E-state index is 0.253. The van der Waals surface area contributed by atoms with Gasteiger partial charge in [-0.15, -0.1) is 6.58 Å². The monoisotopic (exact) mass is 267 g/mol. The number of allylic oxidation sites excluding steroid dienone is 1. The molecule has 1 rings (SSSR count). The van der Waals surface area contributed by atoms with Crippen molar-refractivity contribution in [1.29, 1.82) is 0 Å². The molecule has 0 aromatic rings. The molecule has 0 bridgehead atoms. The summed E-state index contributed by atoms with van der Waals surface area (Å²) in [5.74, 6) is 0. The Kier molecular flexibility index (Phi) is 5.25. The Morgan fingerprint density at radius 2 is 1.63 bits per heavy atom. The lowest BCUT2D eigenvalue weighted by atomic mass is 9.78. The number of nitrogens with zero attached hydrogens (tertiary/aromatic N) is 1. The molecule has 0 atom stereocenters. The Hall–Kier alpha value is -0.340. The minimum atomic E-state index is 0.253. The van der Waals surface area contributed by atoms with E-state index in [4.69, 9.17) is 0 Å². The molecule has 112 valence electrons. The minimum Gasteiger partial charge on any atom is -0.326 e. The zero-order valence-corrected chi connectivity index (χ0v) is 14.1. The van der Waals surface area contributed by atoms with Crippen LogP contribution in [0.5, 0.6) is 0 Å². The first kappa shape index (κ1) is 16.7. The fraction of sp³-hybridized carbons (Fsp3) is 0.882. The first-order chi connectivity index (χ1) is 8.58. The summed E-state index contributed by atoms with van der Waals surface area (Å²) >= 11 is 0. The van der Waals surface area contributed by atoms with E-state index in [1.165, 1.54) is 32.2 Å². The van der Waals surface area contributed by atoms with E-state index in [-0.39, 0.29) is 11.1 Å². The van der Waals surface area contributed by atoms with E-state index in [0.29, 0.717) is 0 Å². The molecule has 0 spiro atoms. The van der Waals surface area contributed by atoms with Gasteiger partial charge in [-0.1, -0.05) is 6.08 Å². The van der Waals surface area contributed by atoms with Crippen LogP contribution < -0.4 is 5.32 Å². The van der Waals surface area contributed by atoms with Gasteiger partial charge in [0.05, 0.1) is 26.7 Å². The number of hydrogen-bond acceptors (Lipinski definition) is 1. The highest BCUT2D eigenvalue weighted by atomic mass is 15.3. The summed E-state index contributed by atoms with van der Waals surface area (Å²) in [7, 11) is 4.83. The van der Waals surface area contributed by atoms with E-state index in [0.717, 1.165) is 16.9 Å². The van der Waals surface area contributed by atoms with Crippen molar-refractivity contribution in [2.45, 2.75) is 76.9 Å². The molecule has 0 unspecified atom stereocenters. The molecule has 1 saturated heterocycles. The van der Waals surface area contributed by atoms with Crippen LogP contribution in [0.25, 0.3) is 0 Å². The molecule has 0 aromatic carbocycles. The molecular weight excluding hydrogens is 232 g/mol. The third kappa shape index (κ3) is 5.27. The topological polar surface area (TPSA) is 12.0 Å². The van der Waals surface area contributed by atoms with Crippen molar-refractivity contribution in [1.82, 2.24) is 5.32 Å². The number of unbranched alkanes of at least 4 members (excludes halogenated alkanes) is 2. The molecule has 1 aliphatic heterocycles. The third-order valence-corrected chi connectivity index (χ3v) is 4.55. The molecular formula is C17H35N2+. The molecule has 1 fully saturated rings. The Balaban J connectivity index is 2.63. The third-order valence-electron chi connectivity index (χ3n) is 4.55. The summed E-state index contributed by atoms with van der Waals surface area (Å²) < 4.78 is 1.16. The molecule has 0 aliphatic carbocycles. The highest BCUT2D eigenvalue weighted by molar-refractivity contribution is 4.97. The summed E-state index contributed by atoms with van der Waals surface area (Å²) in [5, 5.41) is 3.79. The van der Waals surface area contributed by atoms with Gasteiger partial charge >= 0.3 is 0 Å². The average molecular weight is 267 g/mol. The van der Waals surface area contributed by atoms with E-state index in [1.54, 1.807) is 0 Å². The summed E-state index contributed by atoms with van der Waals surface area (Å²) in [6.45, 7) is 14.5. The second-order valence-electron chi connectivity index (χ2n) is 8.24. The van der Waals surface area contributed by atoms with Gasteiger partial charge in [0.25, 0.3) is 0 Å². The van der Waals surface area contributed by atoms with E-state index in [9.17, 15) is 0 Å². The van der Waals surface area contributed by atoms with Crippen LogP contribution in [0.15, 0.2) is 12.7 Å². The summed E-state index contributed by atoms with van der Waals surface area (Å²) in [6.07, 6.45) is 8.32. The lowest BCUT2D eigenvalue weighted by Crippen LogP contribution is -2.65. The standard InChI is InChI=1S/C17H35N2/c1-8-9-10-11-12-19(6,7)15-13-16(2,3)18-17(4,5)14-15/h8,15,18H,1,9-14H2,2-7H3/q+1. The lowest BCUT2D eigenvalue weighted by molar-refractivity contribution is -0.917. The molecule has 2 heteroatoms. The predicted octanol–water partition coefficient (Wildman–Crippen LogP) is 3.73. The second-order valence-corrected chi connectivity index (χ2v) is 8.24. The zero-order valence-electron chi connectivity index (χ0n) is 14.1. The van der Waals surface area contributed by atoms with E-state index < -0.39 is 0 Å². The van der Waals surface area contributed by atoms with Crippen molar-refractivity contribution in [3.05, 3.63) is 12.7 Å². The maximum Gasteiger partial charge on any atom is 0.0921 e. The van der Waals surface area contributed by atoms with Gasteiger partial charge in [0.15, 0.2) is 0 Å². The number of rotatable bonds is 6. The Morgan fingerprint density at radius 3 is 2.11 bits per heavy atom. The van der Waals surface area contributed by atoms with Crippen LogP contribution in [-0.2, 0) is 0 Å². The maximum atomic E-state index is 3.81. The molecule has 1 heterocycles. The lowest BCUT2D eigenvalue weighted by Gasteiger charge is -2.51. The van der Waals surface area contributed by atoms with Gasteiger partial charge in [-0.2, -0.15) is 0 Å². The van der Waals surface area contributed by atoms with Gasteiger partial charge in [-0.25, -0.2) is 0 Å². The van der Waals surface area contributed by atoms with Crippen LogP contribution in [0.1, 0.15) is 59.8 Å². The highest BCUT2D eigenvalue weighted by Crippen LogP contribution is 2.33. The van der Waals surface area contributed by atoms with Crippen LogP contribution in [0, 0.1) is 0 Å². The van der Waals surface area contributed by atoms with Crippen molar-refractivity contribution >= 4 is 0 Å². The summed E-state index contributed by atoms with van der Waals surface area (Å²) in [5.41, 5.74) is 0.506. The van der Waals surface area contributed by atoms with Crippen molar-refractivity contribution in [3.63, 3.8) is 0 Å². The first-order valence-electron chi connectivity index (χ1n) is 7.81. The number of piperidine rings is 1. The van der Waals surface area contributed by atoms with Crippen molar-refractivity contribution in [3.8, 4) is 0 Å². The normalized spacial score (nSPS) is 23.3. The van der Waals surface area contributed by atoms with E-state index in [1.807, 2.05) is 6.08 Å². The molecule has 2 nitrogen and oxygen atoms in total. The van der Waals surface area contributed by atoms with Gasteiger partial charge in [0, 0.05) is 23.9 Å². The SMILES string of the molecule is C=CCCCC[N+](C)(C)C1CC(C)(C)NC(C)(C)C1. The molecule has 0 amide bonds. The Morgan fingerprint density at radius 1 is 1.11 bits per heavy atom. The summed E-state index contributed by atoms with van der Waals surface area (Å²) in [4.78, 5) is 0. The molecule has 0 saturated carbocycles. The quantitative estimate of drug-likeness (QED) is 0.439. The van der Waals surface area contributed by atoms with Gasteiger partial charge in [0.2, 0.25) is 0 Å². The second kappa shape index (κ2) is 5.97. The number of quaternary nitrogens is 1. The predicted molar refractivity (Wildman–Crippen MR) is 85.3 cm³/mol. The van der Waals surface area contributed by atoms with Gasteiger partial charge in [-0.3, -0.25) is 0 Å². The zero-order chi connectivity index (χ0) is 14.7. The van der Waals surface area contributed by atoms with E-state index >= 15 is 0 Å². The Bertz CT molecular complexity index is 286. The molecule has 1 N–H and O–H groups in total.